The van der Waals surface area contributed by atoms with Gasteiger partial charge in [0.05, 0.1) is 0 Å². The van der Waals surface area contributed by atoms with Gasteiger partial charge in [0.25, 0.3) is 0 Å². The zero-order valence-electron chi connectivity index (χ0n) is 12.1. The van der Waals surface area contributed by atoms with Crippen LogP contribution in [0.15, 0.2) is 29.3 Å². The summed E-state index contributed by atoms with van der Waals surface area (Å²) in [6.45, 7) is 3.76. The number of rotatable bonds is 4. The van der Waals surface area contributed by atoms with Gasteiger partial charge >= 0.3 is 0 Å². The van der Waals surface area contributed by atoms with Crippen molar-refractivity contribution >= 4 is 17.7 Å². The Morgan fingerprint density at radius 1 is 1.45 bits per heavy atom. The standard InChI is InChI=1S/C15H22FN3S/c1-15(7-4-8-20-15)11-19-14(17-2)18-10-12-5-3-6-13(16)9-12/h3,5-6,9H,4,7-8,10-11H2,1-2H3,(H2,17,18,19). The molecule has 20 heavy (non-hydrogen) atoms. The van der Waals surface area contributed by atoms with Gasteiger partial charge in [0.1, 0.15) is 5.82 Å². The van der Waals surface area contributed by atoms with Gasteiger partial charge in [-0.3, -0.25) is 4.99 Å². The van der Waals surface area contributed by atoms with Gasteiger partial charge < -0.3 is 10.6 Å². The van der Waals surface area contributed by atoms with Gasteiger partial charge in [0.15, 0.2) is 5.96 Å². The van der Waals surface area contributed by atoms with Crippen LogP contribution in [0, 0.1) is 5.82 Å². The average molecular weight is 295 g/mol. The summed E-state index contributed by atoms with van der Waals surface area (Å²) in [4.78, 5) is 4.21. The molecule has 3 nitrogen and oxygen atoms in total. The number of hydrogen-bond acceptors (Lipinski definition) is 2. The SMILES string of the molecule is CN=C(NCc1cccc(F)c1)NCC1(C)CCCS1. The fourth-order valence-corrected chi connectivity index (χ4v) is 3.54. The minimum atomic E-state index is -0.206. The van der Waals surface area contributed by atoms with E-state index in [-0.39, 0.29) is 5.82 Å². The molecule has 1 unspecified atom stereocenters. The molecule has 0 bridgehead atoms. The van der Waals surface area contributed by atoms with Crippen molar-refractivity contribution in [2.75, 3.05) is 19.3 Å². The van der Waals surface area contributed by atoms with Crippen molar-refractivity contribution in [2.45, 2.75) is 31.1 Å². The number of guanidine groups is 1. The van der Waals surface area contributed by atoms with Gasteiger partial charge in [0, 0.05) is 24.9 Å². The maximum absolute atomic E-state index is 13.1. The molecule has 1 saturated heterocycles. The molecule has 0 aromatic heterocycles. The molecular weight excluding hydrogens is 273 g/mol. The van der Waals surface area contributed by atoms with Crippen LogP contribution in [0.4, 0.5) is 4.39 Å². The largest absolute Gasteiger partial charge is 0.355 e. The van der Waals surface area contributed by atoms with Crippen LogP contribution in [0.1, 0.15) is 25.3 Å². The van der Waals surface area contributed by atoms with Crippen molar-refractivity contribution in [1.29, 1.82) is 0 Å². The minimum Gasteiger partial charge on any atom is -0.355 e. The molecule has 5 heteroatoms. The van der Waals surface area contributed by atoms with Crippen LogP contribution >= 0.6 is 11.8 Å². The minimum absolute atomic E-state index is 0.206. The lowest BCUT2D eigenvalue weighted by Crippen LogP contribution is -2.43. The van der Waals surface area contributed by atoms with Crippen LogP contribution in [0.3, 0.4) is 0 Å². The average Bonchev–Trinajstić information content (AvgIpc) is 2.86. The van der Waals surface area contributed by atoms with Crippen molar-refractivity contribution in [1.82, 2.24) is 10.6 Å². The van der Waals surface area contributed by atoms with E-state index in [0.29, 0.717) is 11.3 Å². The lowest BCUT2D eigenvalue weighted by Gasteiger charge is -2.24. The monoisotopic (exact) mass is 295 g/mol. The predicted molar refractivity (Wildman–Crippen MR) is 84.7 cm³/mol. The molecular formula is C15H22FN3S. The molecule has 1 aromatic carbocycles. The van der Waals surface area contributed by atoms with Crippen LogP contribution < -0.4 is 10.6 Å². The first kappa shape index (κ1) is 15.2. The van der Waals surface area contributed by atoms with Gasteiger partial charge in [-0.25, -0.2) is 4.39 Å². The maximum Gasteiger partial charge on any atom is 0.191 e. The second kappa shape index (κ2) is 6.97. The Hall–Kier alpha value is -1.23. The molecule has 0 spiro atoms. The second-order valence-corrected chi connectivity index (χ2v) is 6.99. The van der Waals surface area contributed by atoms with Crippen molar-refractivity contribution in [3.05, 3.63) is 35.6 Å². The Bertz CT molecular complexity index is 470. The third-order valence-corrected chi connectivity index (χ3v) is 5.04. The first-order chi connectivity index (χ1) is 9.61. The van der Waals surface area contributed by atoms with Crippen LogP contribution in [-0.2, 0) is 6.54 Å². The van der Waals surface area contributed by atoms with Gasteiger partial charge in [0.2, 0.25) is 0 Å². The van der Waals surface area contributed by atoms with Crippen molar-refractivity contribution in [3.8, 4) is 0 Å². The number of halogens is 1. The smallest absolute Gasteiger partial charge is 0.191 e. The van der Waals surface area contributed by atoms with Gasteiger partial charge in [-0.2, -0.15) is 11.8 Å². The summed E-state index contributed by atoms with van der Waals surface area (Å²) in [5.41, 5.74) is 0.911. The molecule has 1 aromatic rings. The summed E-state index contributed by atoms with van der Waals surface area (Å²) in [6.07, 6.45) is 2.53. The predicted octanol–water partition coefficient (Wildman–Crippen LogP) is 2.78. The Kier molecular flexibility index (Phi) is 5.29. The van der Waals surface area contributed by atoms with E-state index in [1.54, 1.807) is 13.1 Å². The third-order valence-electron chi connectivity index (χ3n) is 3.50. The zero-order valence-corrected chi connectivity index (χ0v) is 12.9. The molecule has 1 fully saturated rings. The summed E-state index contributed by atoms with van der Waals surface area (Å²) in [7, 11) is 1.75. The molecule has 110 valence electrons. The van der Waals surface area contributed by atoms with E-state index in [4.69, 9.17) is 0 Å². The fraction of sp³-hybridized carbons (Fsp3) is 0.533. The van der Waals surface area contributed by atoms with Crippen LogP contribution in [0.25, 0.3) is 0 Å². The summed E-state index contributed by atoms with van der Waals surface area (Å²) in [5.74, 6) is 1.80. The van der Waals surface area contributed by atoms with Gasteiger partial charge in [-0.05, 0) is 43.2 Å². The lowest BCUT2D eigenvalue weighted by atomic mass is 10.1. The molecule has 1 heterocycles. The molecule has 1 aliphatic rings. The number of hydrogen-bond donors (Lipinski definition) is 2. The highest BCUT2D eigenvalue weighted by molar-refractivity contribution is 8.00. The van der Waals surface area contributed by atoms with E-state index in [1.165, 1.54) is 30.7 Å². The van der Waals surface area contributed by atoms with Gasteiger partial charge in [-0.15, -0.1) is 0 Å². The van der Waals surface area contributed by atoms with Crippen molar-refractivity contribution < 1.29 is 4.39 Å². The highest BCUT2D eigenvalue weighted by atomic mass is 32.2. The topological polar surface area (TPSA) is 36.4 Å². The molecule has 0 amide bonds. The number of thioether (sulfide) groups is 1. The molecule has 0 saturated carbocycles. The van der Waals surface area contributed by atoms with E-state index in [0.717, 1.165) is 18.1 Å². The van der Waals surface area contributed by atoms with Crippen LogP contribution in [0.5, 0.6) is 0 Å². The van der Waals surface area contributed by atoms with Crippen molar-refractivity contribution in [3.63, 3.8) is 0 Å². The number of nitrogens with one attached hydrogen (secondary N) is 2. The Labute approximate surface area is 124 Å². The fourth-order valence-electron chi connectivity index (χ4n) is 2.30. The highest BCUT2D eigenvalue weighted by Crippen LogP contribution is 2.36. The zero-order chi connectivity index (χ0) is 14.4. The van der Waals surface area contributed by atoms with Crippen LogP contribution in [0.2, 0.25) is 0 Å². The molecule has 2 N–H and O–H groups in total. The first-order valence-corrected chi connectivity index (χ1v) is 7.93. The number of nitrogens with zero attached hydrogens (tertiary/aromatic N) is 1. The quantitative estimate of drug-likeness (QED) is 0.662. The lowest BCUT2D eigenvalue weighted by molar-refractivity contribution is 0.584. The van der Waals surface area contributed by atoms with E-state index in [2.05, 4.69) is 22.5 Å². The molecule has 1 atom stereocenters. The Morgan fingerprint density at radius 2 is 2.30 bits per heavy atom. The normalized spacial score (nSPS) is 22.9. The summed E-state index contributed by atoms with van der Waals surface area (Å²) >= 11 is 2.02. The molecule has 1 aliphatic heterocycles. The molecule has 0 aliphatic carbocycles. The van der Waals surface area contributed by atoms with E-state index in [1.807, 2.05) is 17.8 Å². The van der Waals surface area contributed by atoms with E-state index in [9.17, 15) is 4.39 Å². The van der Waals surface area contributed by atoms with Crippen LogP contribution in [-0.4, -0.2) is 30.1 Å². The summed E-state index contributed by atoms with van der Waals surface area (Å²) in [5, 5.41) is 6.58. The van der Waals surface area contributed by atoms with Gasteiger partial charge in [-0.1, -0.05) is 12.1 Å². The molecule has 0 radical (unpaired) electrons. The molecule has 2 rings (SSSR count). The van der Waals surface area contributed by atoms with E-state index < -0.39 is 0 Å². The first-order valence-electron chi connectivity index (χ1n) is 6.94. The Morgan fingerprint density at radius 3 is 2.95 bits per heavy atom. The summed E-state index contributed by atoms with van der Waals surface area (Å²) in [6, 6.07) is 6.61. The van der Waals surface area contributed by atoms with E-state index >= 15 is 0 Å². The maximum atomic E-state index is 13.1. The number of aliphatic imine (C=N–C) groups is 1. The Balaban J connectivity index is 1.81. The third kappa shape index (κ3) is 4.40. The second-order valence-electron chi connectivity index (χ2n) is 5.31. The van der Waals surface area contributed by atoms with Crippen molar-refractivity contribution in [2.24, 2.45) is 4.99 Å². The number of benzene rings is 1. The summed E-state index contributed by atoms with van der Waals surface area (Å²) < 4.78 is 13.4. The highest BCUT2D eigenvalue weighted by Gasteiger charge is 2.29.